The van der Waals surface area contributed by atoms with E-state index in [0.29, 0.717) is 17.9 Å². The molecule has 1 saturated heterocycles. The van der Waals surface area contributed by atoms with Crippen molar-refractivity contribution in [2.24, 2.45) is 0 Å². The predicted molar refractivity (Wildman–Crippen MR) is 93.4 cm³/mol. The van der Waals surface area contributed by atoms with E-state index in [1.165, 1.54) is 0 Å². The number of nitriles is 1. The van der Waals surface area contributed by atoms with Gasteiger partial charge in [-0.05, 0) is 24.3 Å². The van der Waals surface area contributed by atoms with Gasteiger partial charge in [-0.2, -0.15) is 5.26 Å². The summed E-state index contributed by atoms with van der Waals surface area (Å²) in [7, 11) is 0. The summed E-state index contributed by atoms with van der Waals surface area (Å²) in [5, 5.41) is 22.0. The molecule has 1 atom stereocenters. The Balaban J connectivity index is 1.39. The Labute approximate surface area is 145 Å². The molecule has 0 aliphatic carbocycles. The van der Waals surface area contributed by atoms with Gasteiger partial charge in [0.25, 0.3) is 0 Å². The van der Waals surface area contributed by atoms with E-state index in [2.05, 4.69) is 20.9 Å². The number of anilines is 1. The van der Waals surface area contributed by atoms with Crippen molar-refractivity contribution in [1.29, 1.82) is 5.26 Å². The number of ether oxygens (including phenoxy) is 1. The number of aromatic nitrogens is 1. The molecule has 1 aliphatic heterocycles. The van der Waals surface area contributed by atoms with Crippen molar-refractivity contribution in [3.8, 4) is 11.8 Å². The molecule has 0 unspecified atom stereocenters. The van der Waals surface area contributed by atoms with Gasteiger partial charge in [0, 0.05) is 44.3 Å². The van der Waals surface area contributed by atoms with Crippen molar-refractivity contribution < 1.29 is 9.84 Å². The van der Waals surface area contributed by atoms with Crippen LogP contribution in [0.4, 0.5) is 5.13 Å². The minimum absolute atomic E-state index is 0.249. The van der Waals surface area contributed by atoms with Crippen molar-refractivity contribution >= 4 is 16.5 Å². The Morgan fingerprint density at radius 1 is 1.25 bits per heavy atom. The molecule has 0 amide bonds. The van der Waals surface area contributed by atoms with Gasteiger partial charge in [-0.15, -0.1) is 11.3 Å². The second-order valence-corrected chi connectivity index (χ2v) is 6.58. The molecule has 1 N–H and O–H groups in total. The van der Waals surface area contributed by atoms with Crippen LogP contribution >= 0.6 is 11.3 Å². The monoisotopic (exact) mass is 344 g/mol. The van der Waals surface area contributed by atoms with Crippen LogP contribution in [0.3, 0.4) is 0 Å². The third kappa shape index (κ3) is 4.45. The summed E-state index contributed by atoms with van der Waals surface area (Å²) in [6.45, 7) is 4.52. The molecule has 2 aromatic rings. The van der Waals surface area contributed by atoms with E-state index in [1.807, 2.05) is 11.6 Å². The molecule has 1 fully saturated rings. The molecule has 2 heterocycles. The summed E-state index contributed by atoms with van der Waals surface area (Å²) in [6, 6.07) is 8.98. The number of rotatable bonds is 6. The zero-order valence-electron chi connectivity index (χ0n) is 13.3. The van der Waals surface area contributed by atoms with Gasteiger partial charge in [0.05, 0.1) is 11.6 Å². The minimum Gasteiger partial charge on any atom is -0.491 e. The Hall–Kier alpha value is -2.14. The normalized spacial score (nSPS) is 16.6. The molecule has 1 aromatic carbocycles. The second-order valence-electron chi connectivity index (χ2n) is 5.70. The topological polar surface area (TPSA) is 72.6 Å². The largest absolute Gasteiger partial charge is 0.491 e. The van der Waals surface area contributed by atoms with Crippen molar-refractivity contribution in [3.63, 3.8) is 0 Å². The molecule has 0 radical (unpaired) electrons. The molecule has 24 heavy (non-hydrogen) atoms. The Morgan fingerprint density at radius 2 is 2.00 bits per heavy atom. The SMILES string of the molecule is N#Cc1ccc(OC[C@H](O)CN2CCN(c3nccs3)CC2)cc1. The van der Waals surface area contributed by atoms with Crippen molar-refractivity contribution in [1.82, 2.24) is 9.88 Å². The van der Waals surface area contributed by atoms with Crippen LogP contribution < -0.4 is 9.64 Å². The van der Waals surface area contributed by atoms with E-state index in [9.17, 15) is 5.11 Å². The van der Waals surface area contributed by atoms with E-state index < -0.39 is 6.10 Å². The summed E-state index contributed by atoms with van der Waals surface area (Å²) < 4.78 is 5.58. The molecule has 7 heteroatoms. The molecule has 6 nitrogen and oxygen atoms in total. The number of aliphatic hydroxyl groups excluding tert-OH is 1. The van der Waals surface area contributed by atoms with E-state index in [1.54, 1.807) is 35.6 Å². The van der Waals surface area contributed by atoms with Crippen LogP contribution in [0.1, 0.15) is 5.56 Å². The fourth-order valence-electron chi connectivity index (χ4n) is 2.66. The average molecular weight is 344 g/mol. The van der Waals surface area contributed by atoms with Gasteiger partial charge in [-0.3, -0.25) is 4.90 Å². The van der Waals surface area contributed by atoms with E-state index in [4.69, 9.17) is 10.00 Å². The molecule has 1 aromatic heterocycles. The van der Waals surface area contributed by atoms with Crippen molar-refractivity contribution in [2.45, 2.75) is 6.10 Å². The number of hydrogen-bond acceptors (Lipinski definition) is 7. The third-order valence-corrected chi connectivity index (χ3v) is 4.79. The number of hydrogen-bond donors (Lipinski definition) is 1. The summed E-state index contributed by atoms with van der Waals surface area (Å²) in [5.41, 5.74) is 0.598. The zero-order chi connectivity index (χ0) is 16.8. The first-order valence-electron chi connectivity index (χ1n) is 7.92. The second kappa shape index (κ2) is 8.11. The van der Waals surface area contributed by atoms with Crippen LogP contribution in [-0.4, -0.2) is 60.4 Å². The molecule has 0 saturated carbocycles. The lowest BCUT2D eigenvalue weighted by Crippen LogP contribution is -2.49. The van der Waals surface area contributed by atoms with E-state index in [0.717, 1.165) is 31.3 Å². The highest BCUT2D eigenvalue weighted by Crippen LogP contribution is 2.19. The van der Waals surface area contributed by atoms with Gasteiger partial charge < -0.3 is 14.7 Å². The number of benzene rings is 1. The van der Waals surface area contributed by atoms with E-state index >= 15 is 0 Å². The Kier molecular flexibility index (Phi) is 5.64. The van der Waals surface area contributed by atoms with Gasteiger partial charge in [0.15, 0.2) is 5.13 Å². The lowest BCUT2D eigenvalue weighted by Gasteiger charge is -2.35. The summed E-state index contributed by atoms with van der Waals surface area (Å²) >= 11 is 1.66. The molecule has 3 rings (SSSR count). The number of nitrogens with zero attached hydrogens (tertiary/aromatic N) is 4. The zero-order valence-corrected chi connectivity index (χ0v) is 14.2. The number of aliphatic hydroxyl groups is 1. The predicted octanol–water partition coefficient (Wildman–Crippen LogP) is 1.58. The molecule has 0 bridgehead atoms. The molecule has 126 valence electrons. The number of β-amino-alcohol motifs (C(OH)–C–C–N with tert-alkyl or cyclic N) is 1. The highest BCUT2D eigenvalue weighted by Gasteiger charge is 2.20. The van der Waals surface area contributed by atoms with E-state index in [-0.39, 0.29) is 6.61 Å². The van der Waals surface area contributed by atoms with Gasteiger partial charge in [0.2, 0.25) is 0 Å². The fraction of sp³-hybridized carbons (Fsp3) is 0.412. The first kappa shape index (κ1) is 16.7. The Morgan fingerprint density at radius 3 is 2.62 bits per heavy atom. The average Bonchev–Trinajstić information content (AvgIpc) is 3.16. The highest BCUT2D eigenvalue weighted by atomic mass is 32.1. The number of thiazole rings is 1. The van der Waals surface area contributed by atoms with Crippen LogP contribution in [-0.2, 0) is 0 Å². The quantitative estimate of drug-likeness (QED) is 0.858. The molecular weight excluding hydrogens is 324 g/mol. The third-order valence-electron chi connectivity index (χ3n) is 3.96. The number of piperazine rings is 1. The first-order valence-corrected chi connectivity index (χ1v) is 8.80. The van der Waals surface area contributed by atoms with Crippen molar-refractivity contribution in [2.75, 3.05) is 44.2 Å². The summed E-state index contributed by atoms with van der Waals surface area (Å²) in [6.07, 6.45) is 1.29. The Bertz CT molecular complexity index is 661. The van der Waals surface area contributed by atoms with Gasteiger partial charge in [-0.1, -0.05) is 0 Å². The minimum atomic E-state index is -0.535. The summed E-state index contributed by atoms with van der Waals surface area (Å²) in [5.74, 6) is 0.668. The van der Waals surface area contributed by atoms with Crippen LogP contribution in [0.25, 0.3) is 0 Å². The maximum absolute atomic E-state index is 10.2. The van der Waals surface area contributed by atoms with Gasteiger partial charge in [0.1, 0.15) is 18.5 Å². The molecular formula is C17H20N4O2S. The standard InChI is InChI=1S/C17H20N4O2S/c18-11-14-1-3-16(4-2-14)23-13-15(22)12-20-6-8-21(9-7-20)17-19-5-10-24-17/h1-5,10,15,22H,6-9,12-13H2/t15-/m1/s1. The molecule has 1 aliphatic rings. The maximum Gasteiger partial charge on any atom is 0.185 e. The van der Waals surface area contributed by atoms with Crippen LogP contribution in [0.5, 0.6) is 5.75 Å². The van der Waals surface area contributed by atoms with Crippen molar-refractivity contribution in [3.05, 3.63) is 41.4 Å². The van der Waals surface area contributed by atoms with Crippen LogP contribution in [0.15, 0.2) is 35.8 Å². The van der Waals surface area contributed by atoms with Crippen LogP contribution in [0, 0.1) is 11.3 Å². The van der Waals surface area contributed by atoms with Crippen LogP contribution in [0.2, 0.25) is 0 Å². The first-order chi connectivity index (χ1) is 11.7. The maximum atomic E-state index is 10.2. The smallest absolute Gasteiger partial charge is 0.185 e. The lowest BCUT2D eigenvalue weighted by molar-refractivity contribution is 0.0663. The highest BCUT2D eigenvalue weighted by molar-refractivity contribution is 7.13. The molecule has 0 spiro atoms. The summed E-state index contributed by atoms with van der Waals surface area (Å²) in [4.78, 5) is 8.86. The van der Waals surface area contributed by atoms with Gasteiger partial charge in [-0.25, -0.2) is 4.98 Å². The van der Waals surface area contributed by atoms with Gasteiger partial charge >= 0.3 is 0 Å². The fourth-order valence-corrected chi connectivity index (χ4v) is 3.36. The lowest BCUT2D eigenvalue weighted by atomic mass is 10.2.